The minimum atomic E-state index is -1.99. The van der Waals surface area contributed by atoms with Gasteiger partial charge in [0.2, 0.25) is 5.91 Å². The lowest BCUT2D eigenvalue weighted by molar-refractivity contribution is -0.379. The molecule has 614 valence electrons. The molecule has 3 aliphatic heterocycles. The molecule has 19 heteroatoms. The summed E-state index contributed by atoms with van der Waals surface area (Å²) in [5, 5.41) is 121. The van der Waals surface area contributed by atoms with Gasteiger partial charge in [0.15, 0.2) is 18.9 Å². The molecule has 19 nitrogen and oxygen atoms in total. The van der Waals surface area contributed by atoms with E-state index in [1.165, 1.54) is 77.0 Å². The van der Waals surface area contributed by atoms with Crippen molar-refractivity contribution < 1.29 is 89.4 Å². The molecule has 0 aromatic rings. The number of carbonyl (C=O) groups excluding carboxylic acids is 1. The molecule has 17 atom stereocenters. The maximum absolute atomic E-state index is 13.5. The Balaban J connectivity index is 1.37. The van der Waals surface area contributed by atoms with Gasteiger partial charge >= 0.3 is 0 Å². The molecule has 0 aliphatic carbocycles. The Morgan fingerprint density at radius 1 is 0.343 bits per heavy atom. The number of nitrogens with one attached hydrogen (secondary N) is 1. The Morgan fingerprint density at radius 2 is 0.648 bits per heavy atom. The first-order valence-corrected chi connectivity index (χ1v) is 41.4. The molecule has 12 N–H and O–H groups in total. The first kappa shape index (κ1) is 97.3. The molecular weight excluding hydrogens is 1370 g/mol. The van der Waals surface area contributed by atoms with E-state index in [-0.39, 0.29) is 18.9 Å². The van der Waals surface area contributed by atoms with Gasteiger partial charge in [-0.3, -0.25) is 4.79 Å². The van der Waals surface area contributed by atoms with E-state index in [9.17, 15) is 61.0 Å². The van der Waals surface area contributed by atoms with Gasteiger partial charge in [-0.15, -0.1) is 0 Å². The van der Waals surface area contributed by atoms with Crippen molar-refractivity contribution in [3.63, 3.8) is 0 Å². The molecule has 0 radical (unpaired) electrons. The molecule has 3 aliphatic rings. The summed E-state index contributed by atoms with van der Waals surface area (Å²) in [7, 11) is 0. The van der Waals surface area contributed by atoms with Gasteiger partial charge in [-0.05, 0) is 128 Å². The van der Waals surface area contributed by atoms with Crippen LogP contribution in [0.25, 0.3) is 0 Å². The average molecular weight is 1520 g/mol. The number of hydrogen-bond acceptors (Lipinski definition) is 18. The van der Waals surface area contributed by atoms with Gasteiger partial charge in [0, 0.05) is 6.42 Å². The normalized spacial score (nSPS) is 26.3. The van der Waals surface area contributed by atoms with E-state index >= 15 is 0 Å². The predicted octanol–water partition coefficient (Wildman–Crippen LogP) is 14.6. The second-order valence-corrected chi connectivity index (χ2v) is 28.5. The second kappa shape index (κ2) is 66.7. The van der Waals surface area contributed by atoms with E-state index in [4.69, 9.17) is 28.4 Å². The van der Waals surface area contributed by atoms with Crippen LogP contribution in [0, 0.1) is 0 Å². The Bertz CT molecular complexity index is 2620. The predicted molar refractivity (Wildman–Crippen MR) is 433 cm³/mol. The Labute approximate surface area is 649 Å². The van der Waals surface area contributed by atoms with Crippen molar-refractivity contribution in [2.45, 2.75) is 356 Å². The summed E-state index contributed by atoms with van der Waals surface area (Å²) in [6.07, 6.45) is 73.3. The standard InChI is InChI=1S/C89H145NO18/c1-3-5-7-9-11-13-15-17-19-21-23-25-27-28-29-30-31-32-33-34-35-36-37-38-39-40-41-42-43-44-45-47-49-51-53-55-57-59-61-63-65-67-77(95)90-72(73(94)66-64-62-60-58-56-54-52-50-48-46-26-24-22-20-18-16-14-12-10-8-6-4-2)71-103-87-83(101)80(98)85(75(69-92)105-87)108-89-84(102)81(99)86(76(70-93)106-89)107-88-82(100)79(97)78(96)74(68-91)104-88/h5,7,11,13,17,19,23,25,28-29,31-32,34-35,37-38,40-41,43-44,47-50,56,58,64,66,72-76,78-89,91-94,96-102H,3-4,6,8-10,12,14-16,18,20-22,24,26-27,30,33,36,39,42,45-46,51-55,57,59-63,65,67-71H2,1-2H3,(H,90,95)/b7-5-,13-11-,19-17-,25-23-,29-28-,32-31-,35-34-,38-37-,41-40-,44-43-,49-47-,50-48+,58-56+,66-64+. The van der Waals surface area contributed by atoms with Gasteiger partial charge in [-0.25, -0.2) is 0 Å². The largest absolute Gasteiger partial charge is 0.394 e. The summed E-state index contributed by atoms with van der Waals surface area (Å²) in [5.74, 6) is -0.307. The van der Waals surface area contributed by atoms with Crippen LogP contribution < -0.4 is 5.32 Å². The number of ether oxygens (including phenoxy) is 6. The smallest absolute Gasteiger partial charge is 0.220 e. The number of aliphatic hydroxyl groups excluding tert-OH is 11. The van der Waals surface area contributed by atoms with Crippen LogP contribution in [0.2, 0.25) is 0 Å². The van der Waals surface area contributed by atoms with Crippen molar-refractivity contribution in [1.82, 2.24) is 5.32 Å². The summed E-state index contributed by atoms with van der Waals surface area (Å²) < 4.78 is 34.4. The number of unbranched alkanes of at least 4 members (excludes halogenated alkanes) is 21. The highest BCUT2D eigenvalue weighted by Gasteiger charge is 2.54. The molecule has 1 amide bonds. The van der Waals surface area contributed by atoms with Gasteiger partial charge < -0.3 is 89.9 Å². The molecule has 3 saturated heterocycles. The fraction of sp³-hybridized carbons (Fsp3) is 0.674. The molecule has 3 fully saturated rings. The highest BCUT2D eigenvalue weighted by atomic mass is 16.8. The fourth-order valence-corrected chi connectivity index (χ4v) is 12.6. The lowest BCUT2D eigenvalue weighted by Gasteiger charge is -2.48. The number of amides is 1. The lowest BCUT2D eigenvalue weighted by Crippen LogP contribution is -2.66. The topological polar surface area (TPSA) is 307 Å². The molecule has 0 saturated carbocycles. The fourth-order valence-electron chi connectivity index (χ4n) is 12.6. The van der Waals surface area contributed by atoms with Crippen molar-refractivity contribution in [2.75, 3.05) is 26.4 Å². The molecule has 3 rings (SSSR count). The van der Waals surface area contributed by atoms with Gasteiger partial charge in [0.1, 0.15) is 73.2 Å². The lowest BCUT2D eigenvalue weighted by atomic mass is 9.96. The number of carbonyl (C=O) groups is 1. The Hall–Kier alpha value is -4.85. The molecule has 17 unspecified atom stereocenters. The molecule has 3 heterocycles. The van der Waals surface area contributed by atoms with Crippen molar-refractivity contribution >= 4 is 5.91 Å². The zero-order valence-corrected chi connectivity index (χ0v) is 65.7. The van der Waals surface area contributed by atoms with Crippen LogP contribution in [0.3, 0.4) is 0 Å². The highest BCUT2D eigenvalue weighted by molar-refractivity contribution is 5.76. The summed E-state index contributed by atoms with van der Waals surface area (Å²) in [4.78, 5) is 13.5. The van der Waals surface area contributed by atoms with Crippen molar-refractivity contribution in [2.24, 2.45) is 0 Å². The third-order valence-corrected chi connectivity index (χ3v) is 19.2. The van der Waals surface area contributed by atoms with Crippen molar-refractivity contribution in [3.05, 3.63) is 170 Å². The van der Waals surface area contributed by atoms with Crippen LogP contribution in [0.5, 0.6) is 0 Å². The first-order chi connectivity index (χ1) is 52.8. The number of aliphatic hydroxyl groups is 11. The molecule has 0 bridgehead atoms. The number of hydrogen-bond donors (Lipinski definition) is 12. The third-order valence-electron chi connectivity index (χ3n) is 19.2. The molecule has 108 heavy (non-hydrogen) atoms. The van der Waals surface area contributed by atoms with E-state index in [2.05, 4.69) is 177 Å². The van der Waals surface area contributed by atoms with Gasteiger partial charge in [0.25, 0.3) is 0 Å². The van der Waals surface area contributed by atoms with Crippen molar-refractivity contribution in [1.29, 1.82) is 0 Å². The zero-order valence-electron chi connectivity index (χ0n) is 65.7. The third kappa shape index (κ3) is 45.6. The van der Waals surface area contributed by atoms with E-state index in [1.807, 2.05) is 6.08 Å². The Morgan fingerprint density at radius 3 is 1.04 bits per heavy atom. The van der Waals surface area contributed by atoms with Crippen LogP contribution in [0.4, 0.5) is 0 Å². The SMILES string of the molecule is CC/C=C\C/C=C\C/C=C\C/C=C\C/C=C\C/C=C\C/C=C\C/C=C\C/C=C\C/C=C\C/C=C\CCCCCCCCCC(=O)NC(COC1OC(CO)C(OC2OC(CO)C(OC3OC(CO)C(O)C(O)C3O)C(O)C2O)C(O)C1O)C(O)/C=C/CC/C=C/CC/C=C/CCCCCCCCCCCCCC. The van der Waals surface area contributed by atoms with Crippen LogP contribution in [0.15, 0.2) is 170 Å². The summed E-state index contributed by atoms with van der Waals surface area (Å²) >= 11 is 0. The average Bonchev–Trinajstić information content (AvgIpc) is 0.787. The van der Waals surface area contributed by atoms with Crippen molar-refractivity contribution in [3.8, 4) is 0 Å². The Kier molecular flexibility index (Phi) is 60.1. The van der Waals surface area contributed by atoms with Crippen LogP contribution in [0.1, 0.15) is 251 Å². The van der Waals surface area contributed by atoms with Gasteiger partial charge in [0.05, 0.1) is 38.6 Å². The monoisotopic (exact) mass is 1520 g/mol. The second-order valence-electron chi connectivity index (χ2n) is 28.5. The van der Waals surface area contributed by atoms with Gasteiger partial charge in [-0.2, -0.15) is 0 Å². The van der Waals surface area contributed by atoms with Gasteiger partial charge in [-0.1, -0.05) is 287 Å². The molecular formula is C89H145NO18. The molecule has 0 aromatic carbocycles. The zero-order chi connectivity index (χ0) is 78.1. The van der Waals surface area contributed by atoms with Crippen LogP contribution in [-0.4, -0.2) is 193 Å². The quantitative estimate of drug-likeness (QED) is 0.0199. The summed E-state index contributed by atoms with van der Waals surface area (Å²) in [5.41, 5.74) is 0. The van der Waals surface area contributed by atoms with E-state index in [1.54, 1.807) is 6.08 Å². The van der Waals surface area contributed by atoms with E-state index in [0.717, 1.165) is 141 Å². The highest BCUT2D eigenvalue weighted by Crippen LogP contribution is 2.33. The maximum Gasteiger partial charge on any atom is 0.220 e. The minimum Gasteiger partial charge on any atom is -0.394 e. The summed E-state index contributed by atoms with van der Waals surface area (Å²) in [6, 6.07) is -1.02. The number of rotatable bonds is 63. The molecule has 0 aromatic heterocycles. The van der Waals surface area contributed by atoms with E-state index in [0.29, 0.717) is 12.8 Å². The number of allylic oxidation sites excluding steroid dienone is 27. The molecule has 0 spiro atoms. The summed E-state index contributed by atoms with van der Waals surface area (Å²) in [6.45, 7) is 1.58. The van der Waals surface area contributed by atoms with Crippen LogP contribution >= 0.6 is 0 Å². The maximum atomic E-state index is 13.5. The minimum absolute atomic E-state index is 0.208. The van der Waals surface area contributed by atoms with E-state index < -0.39 is 124 Å². The van der Waals surface area contributed by atoms with Crippen LogP contribution in [-0.2, 0) is 33.2 Å². The first-order valence-electron chi connectivity index (χ1n) is 41.4.